The monoisotopic (exact) mass is 619 g/mol. The summed E-state index contributed by atoms with van der Waals surface area (Å²) in [5, 5.41) is 3.66. The van der Waals surface area contributed by atoms with E-state index in [9.17, 15) is 14.4 Å². The number of hydrogen-bond acceptors (Lipinski definition) is 9. The summed E-state index contributed by atoms with van der Waals surface area (Å²) in [4.78, 5) is 42.9. The van der Waals surface area contributed by atoms with Gasteiger partial charge in [0.25, 0.3) is 0 Å². The zero-order valence-corrected chi connectivity index (χ0v) is 26.4. The summed E-state index contributed by atoms with van der Waals surface area (Å²) in [6.07, 6.45) is 6.76. The van der Waals surface area contributed by atoms with Crippen LogP contribution in [0.2, 0.25) is 0 Å². The SMILES string of the molecule is COc1cc(/C=C/C(=O)OC(Cc2c(C)c3ccc(NC(=O)N4CCCC4)cc3oc2=O)CN2CCCC2)cc(OC)c1OC. The van der Waals surface area contributed by atoms with Crippen LogP contribution in [-0.4, -0.2) is 82.0 Å². The third kappa shape index (κ3) is 7.59. The van der Waals surface area contributed by atoms with E-state index in [2.05, 4.69) is 10.2 Å². The van der Waals surface area contributed by atoms with Crippen LogP contribution in [0.1, 0.15) is 42.4 Å². The third-order valence-corrected chi connectivity index (χ3v) is 8.41. The number of hydrogen-bond donors (Lipinski definition) is 1. The molecule has 2 aliphatic rings. The highest BCUT2D eigenvalue weighted by Crippen LogP contribution is 2.38. The molecule has 45 heavy (non-hydrogen) atoms. The molecule has 11 heteroatoms. The minimum atomic E-state index is -0.571. The van der Waals surface area contributed by atoms with Crippen molar-refractivity contribution in [3.05, 3.63) is 63.5 Å². The van der Waals surface area contributed by atoms with E-state index < -0.39 is 17.7 Å². The molecule has 0 aliphatic carbocycles. The smallest absolute Gasteiger partial charge is 0.339 e. The van der Waals surface area contributed by atoms with E-state index in [1.807, 2.05) is 19.1 Å². The summed E-state index contributed by atoms with van der Waals surface area (Å²) in [5.74, 6) is 0.861. The molecule has 0 radical (unpaired) electrons. The molecule has 2 fully saturated rings. The number of methoxy groups -OCH3 is 3. The number of fused-ring (bicyclic) bond motifs is 1. The van der Waals surface area contributed by atoms with Crippen LogP contribution >= 0.6 is 0 Å². The number of benzene rings is 2. The topological polar surface area (TPSA) is 120 Å². The van der Waals surface area contributed by atoms with Crippen LogP contribution in [0.5, 0.6) is 17.2 Å². The molecule has 0 saturated carbocycles. The van der Waals surface area contributed by atoms with Crippen molar-refractivity contribution < 1.29 is 33.0 Å². The molecule has 3 heterocycles. The van der Waals surface area contributed by atoms with Crippen molar-refractivity contribution in [2.24, 2.45) is 0 Å². The largest absolute Gasteiger partial charge is 0.493 e. The van der Waals surface area contributed by atoms with E-state index >= 15 is 0 Å². The van der Waals surface area contributed by atoms with Gasteiger partial charge >= 0.3 is 17.6 Å². The number of urea groups is 1. The van der Waals surface area contributed by atoms with Crippen LogP contribution in [0.3, 0.4) is 0 Å². The van der Waals surface area contributed by atoms with Crippen molar-refractivity contribution in [1.29, 1.82) is 0 Å². The van der Waals surface area contributed by atoms with E-state index in [1.54, 1.807) is 29.2 Å². The van der Waals surface area contributed by atoms with Gasteiger partial charge in [0.15, 0.2) is 11.5 Å². The molecule has 1 atom stereocenters. The lowest BCUT2D eigenvalue weighted by Gasteiger charge is -2.23. The zero-order valence-electron chi connectivity index (χ0n) is 26.4. The number of likely N-dealkylation sites (tertiary alicyclic amines) is 2. The Kier molecular flexibility index (Phi) is 10.3. The number of nitrogens with zero attached hydrogens (tertiary/aromatic N) is 2. The fraction of sp³-hybridized carbons (Fsp3) is 0.441. The van der Waals surface area contributed by atoms with E-state index in [4.69, 9.17) is 23.4 Å². The van der Waals surface area contributed by atoms with Gasteiger partial charge in [0.2, 0.25) is 5.75 Å². The van der Waals surface area contributed by atoms with Crippen molar-refractivity contribution in [3.63, 3.8) is 0 Å². The van der Waals surface area contributed by atoms with Crippen molar-refractivity contribution in [2.75, 3.05) is 59.4 Å². The van der Waals surface area contributed by atoms with Gasteiger partial charge in [0, 0.05) is 54.8 Å². The molecule has 0 bridgehead atoms. The highest BCUT2D eigenvalue weighted by Gasteiger charge is 2.24. The highest BCUT2D eigenvalue weighted by molar-refractivity contribution is 5.93. The Bertz CT molecular complexity index is 1590. The van der Waals surface area contributed by atoms with E-state index in [0.29, 0.717) is 46.2 Å². The van der Waals surface area contributed by atoms with Crippen molar-refractivity contribution >= 4 is 34.7 Å². The van der Waals surface area contributed by atoms with E-state index in [1.165, 1.54) is 27.4 Å². The van der Waals surface area contributed by atoms with Gasteiger partial charge in [-0.05, 0) is 87.2 Å². The Morgan fingerprint density at radius 3 is 2.27 bits per heavy atom. The second-order valence-corrected chi connectivity index (χ2v) is 11.4. The Morgan fingerprint density at radius 1 is 0.956 bits per heavy atom. The molecule has 1 aromatic heterocycles. The predicted molar refractivity (Wildman–Crippen MR) is 171 cm³/mol. The van der Waals surface area contributed by atoms with Gasteiger partial charge in [-0.1, -0.05) is 0 Å². The lowest BCUT2D eigenvalue weighted by atomic mass is 10.0. The van der Waals surface area contributed by atoms with Crippen LogP contribution in [0.15, 0.2) is 45.6 Å². The molecule has 2 amide bonds. The van der Waals surface area contributed by atoms with Gasteiger partial charge < -0.3 is 33.6 Å². The minimum absolute atomic E-state index is 0.159. The molecule has 11 nitrogen and oxygen atoms in total. The molecule has 1 unspecified atom stereocenters. The summed E-state index contributed by atoms with van der Waals surface area (Å²) >= 11 is 0. The van der Waals surface area contributed by atoms with E-state index in [0.717, 1.165) is 62.8 Å². The molecule has 240 valence electrons. The van der Waals surface area contributed by atoms with Gasteiger partial charge in [0.05, 0.1) is 21.3 Å². The average Bonchev–Trinajstić information content (AvgIpc) is 3.76. The molecule has 3 aromatic rings. The van der Waals surface area contributed by atoms with Crippen molar-refractivity contribution in [2.45, 2.75) is 45.1 Å². The lowest BCUT2D eigenvalue weighted by Crippen LogP contribution is -2.35. The van der Waals surface area contributed by atoms with Gasteiger partial charge in [-0.15, -0.1) is 0 Å². The average molecular weight is 620 g/mol. The quantitative estimate of drug-likeness (QED) is 0.179. The van der Waals surface area contributed by atoms with Gasteiger partial charge in [0.1, 0.15) is 11.7 Å². The minimum Gasteiger partial charge on any atom is -0.493 e. The van der Waals surface area contributed by atoms with Gasteiger partial charge in [-0.2, -0.15) is 0 Å². The summed E-state index contributed by atoms with van der Waals surface area (Å²) in [7, 11) is 4.58. The number of amides is 2. The number of ether oxygens (including phenoxy) is 4. The summed E-state index contributed by atoms with van der Waals surface area (Å²) < 4.78 is 27.9. The van der Waals surface area contributed by atoms with E-state index in [-0.39, 0.29) is 12.5 Å². The number of aryl methyl sites for hydroxylation is 1. The molecular formula is C34H41N3O8. The normalized spacial score (nSPS) is 15.9. The first kappa shape index (κ1) is 31.9. The Hall–Kier alpha value is -4.51. The molecule has 2 aliphatic heterocycles. The van der Waals surface area contributed by atoms with Gasteiger partial charge in [-0.25, -0.2) is 14.4 Å². The maximum absolute atomic E-state index is 13.3. The maximum Gasteiger partial charge on any atom is 0.339 e. The Balaban J connectivity index is 1.34. The zero-order chi connectivity index (χ0) is 31.9. The van der Waals surface area contributed by atoms with Gasteiger partial charge in [-0.3, -0.25) is 4.90 Å². The number of nitrogens with one attached hydrogen (secondary N) is 1. The van der Waals surface area contributed by atoms with Crippen LogP contribution in [-0.2, 0) is 16.0 Å². The fourth-order valence-electron chi connectivity index (χ4n) is 6.02. The third-order valence-electron chi connectivity index (χ3n) is 8.41. The van der Waals surface area contributed by atoms with Crippen LogP contribution in [0.25, 0.3) is 17.0 Å². The summed E-state index contributed by atoms with van der Waals surface area (Å²) in [5.41, 5.74) is 2.35. The number of esters is 1. The second-order valence-electron chi connectivity index (χ2n) is 11.4. The number of rotatable bonds is 11. The predicted octanol–water partition coefficient (Wildman–Crippen LogP) is 5.02. The maximum atomic E-state index is 13.3. The van der Waals surface area contributed by atoms with Crippen molar-refractivity contribution in [3.8, 4) is 17.2 Å². The number of carbonyl (C=O) groups excluding carboxylic acids is 2. The highest BCUT2D eigenvalue weighted by atomic mass is 16.5. The van der Waals surface area contributed by atoms with Crippen LogP contribution in [0, 0.1) is 6.92 Å². The first-order valence-electron chi connectivity index (χ1n) is 15.3. The molecule has 2 saturated heterocycles. The number of carbonyl (C=O) groups is 2. The summed E-state index contributed by atoms with van der Waals surface area (Å²) in [6, 6.07) is 8.64. The first-order chi connectivity index (χ1) is 21.8. The van der Waals surface area contributed by atoms with Crippen molar-refractivity contribution in [1.82, 2.24) is 9.80 Å². The Morgan fingerprint density at radius 2 is 1.62 bits per heavy atom. The molecule has 2 aromatic carbocycles. The fourth-order valence-corrected chi connectivity index (χ4v) is 6.02. The Labute approximate surface area is 262 Å². The molecule has 1 N–H and O–H groups in total. The molecule has 0 spiro atoms. The van der Waals surface area contributed by atoms with Crippen LogP contribution < -0.4 is 25.2 Å². The summed E-state index contributed by atoms with van der Waals surface area (Å²) in [6.45, 7) is 5.67. The molecule has 5 rings (SSSR count). The number of anilines is 1. The lowest BCUT2D eigenvalue weighted by molar-refractivity contribution is -0.143. The first-order valence-corrected chi connectivity index (χ1v) is 15.3. The second kappa shape index (κ2) is 14.5. The molecular weight excluding hydrogens is 578 g/mol. The van der Waals surface area contributed by atoms with Crippen LogP contribution in [0.4, 0.5) is 10.5 Å². The standard InChI is InChI=1S/C34H41N3O8/c1-22-26-11-10-24(35-34(40)37-15-7-8-16-37)19-28(26)45-33(39)27(22)20-25(21-36-13-5-6-14-36)44-31(38)12-9-23-17-29(41-2)32(43-4)30(18-23)42-3/h9-12,17-19,25H,5-8,13-16,20-21H2,1-4H3,(H,35,40)/b12-9+.